The number of anilines is 1. The first kappa shape index (κ1) is 9.84. The van der Waals surface area contributed by atoms with Crippen molar-refractivity contribution in [1.29, 1.82) is 0 Å². The van der Waals surface area contributed by atoms with Crippen LogP contribution in [0.5, 0.6) is 0 Å². The normalized spacial score (nSPS) is 23.9. The van der Waals surface area contributed by atoms with E-state index in [1.54, 1.807) is 0 Å². The van der Waals surface area contributed by atoms with Crippen LogP contribution in [0.15, 0.2) is 4.79 Å². The van der Waals surface area contributed by atoms with Gasteiger partial charge in [-0.15, -0.1) is 0 Å². The summed E-state index contributed by atoms with van der Waals surface area (Å²) in [6.45, 7) is 1.66. The highest BCUT2D eigenvalue weighted by Crippen LogP contribution is 2.26. The molecule has 86 valence electrons. The van der Waals surface area contributed by atoms with E-state index in [2.05, 4.69) is 15.3 Å². The summed E-state index contributed by atoms with van der Waals surface area (Å²) in [7, 11) is 0. The molecule has 0 bridgehead atoms. The minimum Gasteiger partial charge on any atom is -0.370 e. The second-order valence-electron chi connectivity index (χ2n) is 4.31. The fourth-order valence-electron chi connectivity index (χ4n) is 2.31. The summed E-state index contributed by atoms with van der Waals surface area (Å²) in [5.74, 6) is 1.43. The minimum absolute atomic E-state index is 0.0114. The van der Waals surface area contributed by atoms with Crippen LogP contribution in [0.2, 0.25) is 0 Å². The largest absolute Gasteiger partial charge is 0.370 e. The average molecular weight is 221 g/mol. The number of hydrogen-bond acceptors (Lipinski definition) is 4. The summed E-state index contributed by atoms with van der Waals surface area (Å²) >= 11 is 0. The molecule has 0 amide bonds. The van der Waals surface area contributed by atoms with E-state index < -0.39 is 0 Å². The molecule has 0 aliphatic carbocycles. The van der Waals surface area contributed by atoms with E-state index in [1.807, 2.05) is 0 Å². The lowest BCUT2D eigenvalue weighted by atomic mass is 10.1. The molecule has 1 saturated heterocycles. The maximum atomic E-state index is 11.9. The van der Waals surface area contributed by atoms with Gasteiger partial charge in [0.05, 0.1) is 5.56 Å². The highest BCUT2D eigenvalue weighted by atomic mass is 16.5. The quantitative estimate of drug-likeness (QED) is 0.741. The lowest BCUT2D eigenvalue weighted by Crippen LogP contribution is -2.25. The molecule has 0 radical (unpaired) electrons. The van der Waals surface area contributed by atoms with Crippen molar-refractivity contribution in [2.75, 3.05) is 18.5 Å². The van der Waals surface area contributed by atoms with Crippen molar-refractivity contribution in [3.63, 3.8) is 0 Å². The van der Waals surface area contributed by atoms with Crippen LogP contribution in [-0.2, 0) is 11.2 Å². The first-order chi connectivity index (χ1) is 7.84. The van der Waals surface area contributed by atoms with Crippen molar-refractivity contribution >= 4 is 5.82 Å². The van der Waals surface area contributed by atoms with Crippen LogP contribution in [0, 0.1) is 0 Å². The Morgan fingerprint density at radius 1 is 1.38 bits per heavy atom. The van der Waals surface area contributed by atoms with Gasteiger partial charge in [0.15, 0.2) is 0 Å². The number of fused-ring (bicyclic) bond motifs is 1. The summed E-state index contributed by atoms with van der Waals surface area (Å²) in [6, 6.07) is 0. The molecule has 1 fully saturated rings. The zero-order valence-electron chi connectivity index (χ0n) is 9.08. The molecule has 16 heavy (non-hydrogen) atoms. The second kappa shape index (κ2) is 3.90. The number of nitrogens with one attached hydrogen (secondary N) is 2. The van der Waals surface area contributed by atoms with Crippen molar-refractivity contribution < 1.29 is 4.74 Å². The zero-order chi connectivity index (χ0) is 11.0. The van der Waals surface area contributed by atoms with E-state index in [0.29, 0.717) is 5.82 Å². The SMILES string of the molecule is O=c1[nH]c(C2CCCO2)nc2c1CCCN2. The number of hydrogen-bond donors (Lipinski definition) is 2. The molecule has 0 saturated carbocycles. The summed E-state index contributed by atoms with van der Waals surface area (Å²) in [5.41, 5.74) is 0.774. The number of ether oxygens (including phenoxy) is 1. The fraction of sp³-hybridized carbons (Fsp3) is 0.636. The fourth-order valence-corrected chi connectivity index (χ4v) is 2.31. The molecule has 1 unspecified atom stereocenters. The van der Waals surface area contributed by atoms with Crippen molar-refractivity contribution in [2.24, 2.45) is 0 Å². The van der Waals surface area contributed by atoms with Gasteiger partial charge < -0.3 is 15.0 Å². The molecule has 5 heteroatoms. The zero-order valence-corrected chi connectivity index (χ0v) is 9.08. The average Bonchev–Trinajstić information content (AvgIpc) is 2.82. The Bertz CT molecular complexity index is 449. The van der Waals surface area contributed by atoms with Crippen LogP contribution in [0.25, 0.3) is 0 Å². The van der Waals surface area contributed by atoms with E-state index in [-0.39, 0.29) is 11.7 Å². The van der Waals surface area contributed by atoms with Gasteiger partial charge in [-0.1, -0.05) is 0 Å². The van der Waals surface area contributed by atoms with Crippen molar-refractivity contribution in [1.82, 2.24) is 9.97 Å². The highest BCUT2D eigenvalue weighted by molar-refractivity contribution is 5.45. The molecule has 0 aromatic carbocycles. The molecule has 2 aliphatic rings. The molecular formula is C11H15N3O2. The number of aromatic amines is 1. The van der Waals surface area contributed by atoms with Gasteiger partial charge in [-0.05, 0) is 25.7 Å². The van der Waals surface area contributed by atoms with Crippen molar-refractivity contribution in [3.05, 3.63) is 21.7 Å². The summed E-state index contributed by atoms with van der Waals surface area (Å²) in [6.07, 6.45) is 3.77. The Balaban J connectivity index is 2.01. The van der Waals surface area contributed by atoms with Gasteiger partial charge in [0.1, 0.15) is 17.7 Å². The molecule has 1 atom stereocenters. The van der Waals surface area contributed by atoms with Gasteiger partial charge in [-0.3, -0.25) is 4.79 Å². The van der Waals surface area contributed by atoms with E-state index in [1.165, 1.54) is 0 Å². The van der Waals surface area contributed by atoms with Gasteiger partial charge in [0.25, 0.3) is 5.56 Å². The van der Waals surface area contributed by atoms with Crippen molar-refractivity contribution in [3.8, 4) is 0 Å². The van der Waals surface area contributed by atoms with Crippen LogP contribution in [-0.4, -0.2) is 23.1 Å². The van der Waals surface area contributed by atoms with Crippen LogP contribution in [0.1, 0.15) is 36.8 Å². The van der Waals surface area contributed by atoms with E-state index in [4.69, 9.17) is 4.74 Å². The number of nitrogens with zero attached hydrogens (tertiary/aromatic N) is 1. The lowest BCUT2D eigenvalue weighted by Gasteiger charge is -2.18. The van der Waals surface area contributed by atoms with E-state index in [0.717, 1.165) is 50.2 Å². The molecule has 1 aromatic rings. The molecule has 2 N–H and O–H groups in total. The molecule has 0 spiro atoms. The molecule has 3 heterocycles. The second-order valence-corrected chi connectivity index (χ2v) is 4.31. The van der Waals surface area contributed by atoms with Gasteiger partial charge in [0, 0.05) is 13.2 Å². The van der Waals surface area contributed by atoms with E-state index >= 15 is 0 Å². The van der Waals surface area contributed by atoms with E-state index in [9.17, 15) is 4.79 Å². The highest BCUT2D eigenvalue weighted by Gasteiger charge is 2.23. The summed E-state index contributed by atoms with van der Waals surface area (Å²) < 4.78 is 5.52. The van der Waals surface area contributed by atoms with Gasteiger partial charge in [-0.2, -0.15) is 0 Å². The van der Waals surface area contributed by atoms with Gasteiger partial charge >= 0.3 is 0 Å². The van der Waals surface area contributed by atoms with Gasteiger partial charge in [0.2, 0.25) is 0 Å². The first-order valence-electron chi connectivity index (χ1n) is 5.83. The third kappa shape index (κ3) is 1.61. The van der Waals surface area contributed by atoms with Crippen LogP contribution in [0.4, 0.5) is 5.82 Å². The number of rotatable bonds is 1. The molecule has 3 rings (SSSR count). The van der Waals surface area contributed by atoms with Crippen molar-refractivity contribution in [2.45, 2.75) is 31.8 Å². The van der Waals surface area contributed by atoms with Crippen LogP contribution >= 0.6 is 0 Å². The van der Waals surface area contributed by atoms with Crippen LogP contribution in [0.3, 0.4) is 0 Å². The molecular weight excluding hydrogens is 206 g/mol. The van der Waals surface area contributed by atoms with Crippen LogP contribution < -0.4 is 10.9 Å². The Kier molecular flexibility index (Phi) is 2.40. The standard InChI is InChI=1S/C11H15N3O2/c15-11-7-3-1-5-12-9(7)13-10(14-11)8-4-2-6-16-8/h8H,1-6H2,(H2,12,13,14,15). The Morgan fingerprint density at radius 2 is 2.31 bits per heavy atom. The topological polar surface area (TPSA) is 67.0 Å². The Hall–Kier alpha value is -1.36. The van der Waals surface area contributed by atoms with Gasteiger partial charge in [-0.25, -0.2) is 4.98 Å². The lowest BCUT2D eigenvalue weighted by molar-refractivity contribution is 0.105. The molecule has 5 nitrogen and oxygen atoms in total. The summed E-state index contributed by atoms with van der Waals surface area (Å²) in [4.78, 5) is 19.2. The Labute approximate surface area is 93.2 Å². The molecule has 1 aromatic heterocycles. The predicted octanol–water partition coefficient (Wildman–Crippen LogP) is 0.979. The summed E-state index contributed by atoms with van der Waals surface area (Å²) in [5, 5.41) is 3.18. The Morgan fingerprint density at radius 3 is 3.12 bits per heavy atom. The third-order valence-electron chi connectivity index (χ3n) is 3.16. The monoisotopic (exact) mass is 221 g/mol. The predicted molar refractivity (Wildman–Crippen MR) is 59.6 cm³/mol. The third-order valence-corrected chi connectivity index (χ3v) is 3.16. The molecule has 2 aliphatic heterocycles. The number of H-pyrrole nitrogens is 1. The smallest absolute Gasteiger partial charge is 0.256 e. The number of aromatic nitrogens is 2. The first-order valence-corrected chi connectivity index (χ1v) is 5.83. The maximum absolute atomic E-state index is 11.9. The maximum Gasteiger partial charge on any atom is 0.256 e. The minimum atomic E-state index is -0.0262.